The van der Waals surface area contributed by atoms with Gasteiger partial charge in [-0.1, -0.05) is 6.92 Å². The van der Waals surface area contributed by atoms with E-state index in [4.69, 9.17) is 5.73 Å². The molecule has 5 nitrogen and oxygen atoms in total. The molecule has 1 aliphatic rings. The van der Waals surface area contributed by atoms with Crippen LogP contribution in [0.15, 0.2) is 6.07 Å². The lowest BCUT2D eigenvalue weighted by atomic mass is 10.2. The summed E-state index contributed by atoms with van der Waals surface area (Å²) in [5.41, 5.74) is 7.31. The summed E-state index contributed by atoms with van der Waals surface area (Å²) >= 11 is 0. The van der Waals surface area contributed by atoms with Crippen molar-refractivity contribution in [3.8, 4) is 0 Å². The number of aromatic nitrogens is 2. The lowest BCUT2D eigenvalue weighted by Crippen LogP contribution is -2.42. The molecule has 2 rings (SSSR count). The van der Waals surface area contributed by atoms with Crippen molar-refractivity contribution >= 4 is 5.91 Å². The summed E-state index contributed by atoms with van der Waals surface area (Å²) in [5.74, 6) is 0.522. The number of nitrogens with two attached hydrogens (primary N) is 1. The Balaban J connectivity index is 2.09. The van der Waals surface area contributed by atoms with Crippen molar-refractivity contribution in [1.29, 1.82) is 0 Å². The van der Waals surface area contributed by atoms with Gasteiger partial charge in [0.15, 0.2) is 0 Å². The van der Waals surface area contributed by atoms with Gasteiger partial charge < -0.3 is 11.1 Å². The van der Waals surface area contributed by atoms with Gasteiger partial charge in [-0.05, 0) is 38.2 Å². The standard InChI is InChI=1S/C13H22N4O/c1-3-10-7-12(17(4-2)16-10)13(18)15-11(8-14)9-5-6-9/h7,9,11H,3-6,8,14H2,1-2H3,(H,15,18). The first-order valence-corrected chi connectivity index (χ1v) is 6.77. The zero-order chi connectivity index (χ0) is 13.1. The second-order valence-corrected chi connectivity index (χ2v) is 4.84. The average molecular weight is 250 g/mol. The summed E-state index contributed by atoms with van der Waals surface area (Å²) in [4.78, 5) is 12.2. The third-order valence-electron chi connectivity index (χ3n) is 3.49. The first-order valence-electron chi connectivity index (χ1n) is 6.77. The zero-order valence-corrected chi connectivity index (χ0v) is 11.1. The Labute approximate surface area is 108 Å². The molecule has 0 spiro atoms. The number of nitrogens with zero attached hydrogens (tertiary/aromatic N) is 2. The van der Waals surface area contributed by atoms with Crippen LogP contribution in [0.4, 0.5) is 0 Å². The monoisotopic (exact) mass is 250 g/mol. The second-order valence-electron chi connectivity index (χ2n) is 4.84. The van der Waals surface area contributed by atoms with Gasteiger partial charge >= 0.3 is 0 Å². The molecule has 1 aromatic rings. The van der Waals surface area contributed by atoms with E-state index in [2.05, 4.69) is 10.4 Å². The Kier molecular flexibility index (Phi) is 4.01. The summed E-state index contributed by atoms with van der Waals surface area (Å²) in [6, 6.07) is 1.99. The fourth-order valence-electron chi connectivity index (χ4n) is 2.18. The number of nitrogens with one attached hydrogen (secondary N) is 1. The highest BCUT2D eigenvalue weighted by Crippen LogP contribution is 2.32. The molecule has 18 heavy (non-hydrogen) atoms. The molecule has 1 aliphatic carbocycles. The van der Waals surface area contributed by atoms with Gasteiger partial charge in [-0.3, -0.25) is 9.48 Å². The molecule has 3 N–H and O–H groups in total. The highest BCUT2D eigenvalue weighted by Gasteiger charge is 2.31. The highest BCUT2D eigenvalue weighted by atomic mass is 16.2. The van der Waals surface area contributed by atoms with Crippen LogP contribution in [0.1, 0.15) is 42.9 Å². The summed E-state index contributed by atoms with van der Waals surface area (Å²) in [5, 5.41) is 7.42. The number of amides is 1. The number of aryl methyl sites for hydroxylation is 2. The maximum Gasteiger partial charge on any atom is 0.269 e. The second kappa shape index (κ2) is 5.52. The number of carbonyl (C=O) groups is 1. The van der Waals surface area contributed by atoms with E-state index in [0.717, 1.165) is 12.1 Å². The first-order chi connectivity index (χ1) is 8.69. The first kappa shape index (κ1) is 13.1. The van der Waals surface area contributed by atoms with Crippen molar-refractivity contribution in [2.24, 2.45) is 11.7 Å². The van der Waals surface area contributed by atoms with Gasteiger partial charge in [-0.25, -0.2) is 0 Å². The molecule has 1 unspecified atom stereocenters. The van der Waals surface area contributed by atoms with E-state index in [9.17, 15) is 4.79 Å². The van der Waals surface area contributed by atoms with Gasteiger partial charge in [0.05, 0.1) is 5.69 Å². The predicted molar refractivity (Wildman–Crippen MR) is 70.3 cm³/mol. The van der Waals surface area contributed by atoms with Gasteiger partial charge in [0.2, 0.25) is 0 Å². The Bertz CT molecular complexity index is 423. The summed E-state index contributed by atoms with van der Waals surface area (Å²) < 4.78 is 1.76. The summed E-state index contributed by atoms with van der Waals surface area (Å²) in [6.45, 7) is 5.25. The van der Waals surface area contributed by atoms with Crippen LogP contribution in [0, 0.1) is 5.92 Å². The van der Waals surface area contributed by atoms with Crippen molar-refractivity contribution in [2.75, 3.05) is 6.54 Å². The minimum Gasteiger partial charge on any atom is -0.346 e. The highest BCUT2D eigenvalue weighted by molar-refractivity contribution is 5.93. The van der Waals surface area contributed by atoms with E-state index < -0.39 is 0 Å². The molecule has 0 aliphatic heterocycles. The molecular formula is C13H22N4O. The molecular weight excluding hydrogens is 228 g/mol. The smallest absolute Gasteiger partial charge is 0.269 e. The molecule has 1 amide bonds. The van der Waals surface area contributed by atoms with Gasteiger partial charge in [0.25, 0.3) is 5.91 Å². The normalized spacial score (nSPS) is 16.6. The van der Waals surface area contributed by atoms with E-state index in [1.807, 2.05) is 19.9 Å². The lowest BCUT2D eigenvalue weighted by molar-refractivity contribution is 0.0922. The summed E-state index contributed by atoms with van der Waals surface area (Å²) in [6.07, 6.45) is 3.20. The van der Waals surface area contributed by atoms with Gasteiger partial charge in [-0.2, -0.15) is 5.10 Å². The molecule has 0 radical (unpaired) electrons. The topological polar surface area (TPSA) is 72.9 Å². The van der Waals surface area contributed by atoms with Crippen molar-refractivity contribution in [3.05, 3.63) is 17.5 Å². The van der Waals surface area contributed by atoms with E-state index in [-0.39, 0.29) is 11.9 Å². The minimum absolute atomic E-state index is 0.0496. The average Bonchev–Trinajstić information content (AvgIpc) is 3.14. The molecule has 0 saturated heterocycles. The maximum atomic E-state index is 12.2. The fraction of sp³-hybridized carbons (Fsp3) is 0.692. The van der Waals surface area contributed by atoms with E-state index >= 15 is 0 Å². The summed E-state index contributed by atoms with van der Waals surface area (Å²) in [7, 11) is 0. The minimum atomic E-state index is -0.0496. The molecule has 5 heteroatoms. The van der Waals surface area contributed by atoms with Crippen LogP contribution in [0.25, 0.3) is 0 Å². The Morgan fingerprint density at radius 2 is 2.33 bits per heavy atom. The van der Waals surface area contributed by atoms with Gasteiger partial charge in [0.1, 0.15) is 5.69 Å². The fourth-order valence-corrected chi connectivity index (χ4v) is 2.18. The SMILES string of the molecule is CCc1cc(C(=O)NC(CN)C2CC2)n(CC)n1. The quantitative estimate of drug-likeness (QED) is 0.789. The number of rotatable bonds is 6. The maximum absolute atomic E-state index is 12.2. The molecule has 1 heterocycles. The van der Waals surface area contributed by atoms with E-state index in [0.29, 0.717) is 24.7 Å². The van der Waals surface area contributed by atoms with Crippen LogP contribution in [0.5, 0.6) is 0 Å². The number of carbonyl (C=O) groups excluding carboxylic acids is 1. The number of hydrogen-bond acceptors (Lipinski definition) is 3. The van der Waals surface area contributed by atoms with Crippen molar-refractivity contribution in [1.82, 2.24) is 15.1 Å². The van der Waals surface area contributed by atoms with Crippen molar-refractivity contribution < 1.29 is 4.79 Å². The van der Waals surface area contributed by atoms with Crippen molar-refractivity contribution in [3.63, 3.8) is 0 Å². The largest absolute Gasteiger partial charge is 0.346 e. The van der Waals surface area contributed by atoms with E-state index in [1.165, 1.54) is 12.8 Å². The third kappa shape index (κ3) is 2.72. The molecule has 0 aromatic carbocycles. The molecule has 1 saturated carbocycles. The van der Waals surface area contributed by atoms with Crippen LogP contribution in [0.3, 0.4) is 0 Å². The third-order valence-corrected chi connectivity index (χ3v) is 3.49. The molecule has 0 bridgehead atoms. The predicted octanol–water partition coefficient (Wildman–Crippen LogP) is 0.932. The van der Waals surface area contributed by atoms with E-state index in [1.54, 1.807) is 4.68 Å². The van der Waals surface area contributed by atoms with Crippen molar-refractivity contribution in [2.45, 2.75) is 45.7 Å². The molecule has 1 atom stereocenters. The Morgan fingerprint density at radius 1 is 1.61 bits per heavy atom. The van der Waals surface area contributed by atoms with Crippen LogP contribution < -0.4 is 11.1 Å². The lowest BCUT2D eigenvalue weighted by Gasteiger charge is -2.16. The molecule has 100 valence electrons. The number of hydrogen-bond donors (Lipinski definition) is 2. The van der Waals surface area contributed by atoms with Crippen LogP contribution in [0.2, 0.25) is 0 Å². The van der Waals surface area contributed by atoms with Crippen LogP contribution in [-0.4, -0.2) is 28.3 Å². The van der Waals surface area contributed by atoms with Gasteiger partial charge in [0, 0.05) is 19.1 Å². The van der Waals surface area contributed by atoms with Crippen LogP contribution in [-0.2, 0) is 13.0 Å². The Hall–Kier alpha value is -1.36. The van der Waals surface area contributed by atoms with Gasteiger partial charge in [-0.15, -0.1) is 0 Å². The zero-order valence-electron chi connectivity index (χ0n) is 11.1. The Morgan fingerprint density at radius 3 is 2.83 bits per heavy atom. The molecule has 1 aromatic heterocycles. The molecule has 1 fully saturated rings. The van der Waals surface area contributed by atoms with Crippen LogP contribution >= 0.6 is 0 Å².